The fraction of sp³-hybridized carbons (Fsp3) is 0.750. The van der Waals surface area contributed by atoms with Gasteiger partial charge in [0.25, 0.3) is 0 Å². The Morgan fingerprint density at radius 3 is 2.71 bits per heavy atom. The summed E-state index contributed by atoms with van der Waals surface area (Å²) in [7, 11) is 1.91. The number of nitrogens with zero attached hydrogens (tertiary/aromatic N) is 2. The highest BCUT2D eigenvalue weighted by Gasteiger charge is 2.10. The van der Waals surface area contributed by atoms with Gasteiger partial charge in [-0.3, -0.25) is 4.68 Å². The third-order valence-electron chi connectivity index (χ3n) is 2.60. The molecule has 0 aromatic carbocycles. The summed E-state index contributed by atoms with van der Waals surface area (Å²) in [6.07, 6.45) is 2.91. The van der Waals surface area contributed by atoms with Crippen LogP contribution in [0.1, 0.15) is 32.4 Å². The maximum atomic E-state index is 6.00. The van der Waals surface area contributed by atoms with Gasteiger partial charge in [0, 0.05) is 26.8 Å². The minimum absolute atomic E-state index is 0.768. The van der Waals surface area contributed by atoms with Gasteiger partial charge in [-0.1, -0.05) is 13.8 Å². The minimum Gasteiger partial charge on any atom is -0.394 e. The first-order valence-corrected chi connectivity index (χ1v) is 6.33. The van der Waals surface area contributed by atoms with Crippen molar-refractivity contribution in [3.8, 4) is 0 Å². The van der Waals surface area contributed by atoms with Gasteiger partial charge >= 0.3 is 0 Å². The van der Waals surface area contributed by atoms with Gasteiger partial charge in [0.15, 0.2) is 0 Å². The smallest absolute Gasteiger partial charge is 0.147 e. The lowest BCUT2D eigenvalue weighted by atomic mass is 10.3. The standard InChI is InChI=1S/C12H24N4O/c1-4-8-17-9-6-7-14-12-11(13)10(5-2)15-16(12)3/h14H,4-9,13H2,1-3H3. The van der Waals surface area contributed by atoms with Crippen LogP contribution in [0.3, 0.4) is 0 Å². The molecule has 0 saturated carbocycles. The normalized spacial score (nSPS) is 10.8. The Bertz CT molecular complexity index is 335. The molecule has 0 spiro atoms. The third kappa shape index (κ3) is 3.93. The summed E-state index contributed by atoms with van der Waals surface area (Å²) in [4.78, 5) is 0. The predicted molar refractivity (Wildman–Crippen MR) is 71.2 cm³/mol. The number of nitrogen functional groups attached to an aromatic ring is 1. The van der Waals surface area contributed by atoms with E-state index in [9.17, 15) is 0 Å². The van der Waals surface area contributed by atoms with E-state index in [1.165, 1.54) is 0 Å². The summed E-state index contributed by atoms with van der Waals surface area (Å²) in [5, 5.41) is 7.66. The van der Waals surface area contributed by atoms with E-state index in [2.05, 4.69) is 24.3 Å². The first kappa shape index (κ1) is 13.8. The molecule has 0 amide bonds. The summed E-state index contributed by atoms with van der Waals surface area (Å²) in [6, 6.07) is 0. The lowest BCUT2D eigenvalue weighted by Gasteiger charge is -2.07. The summed E-state index contributed by atoms with van der Waals surface area (Å²) in [6.45, 7) is 6.66. The lowest BCUT2D eigenvalue weighted by molar-refractivity contribution is 0.134. The predicted octanol–water partition coefficient (Wildman–Crippen LogP) is 1.79. The zero-order valence-corrected chi connectivity index (χ0v) is 11.1. The van der Waals surface area contributed by atoms with Gasteiger partial charge in [-0.05, 0) is 19.3 Å². The van der Waals surface area contributed by atoms with Crippen molar-refractivity contribution < 1.29 is 4.74 Å². The van der Waals surface area contributed by atoms with Crippen LogP contribution in [-0.2, 0) is 18.2 Å². The highest BCUT2D eigenvalue weighted by atomic mass is 16.5. The van der Waals surface area contributed by atoms with Crippen molar-refractivity contribution in [3.63, 3.8) is 0 Å². The highest BCUT2D eigenvalue weighted by Crippen LogP contribution is 2.21. The molecule has 1 heterocycles. The number of nitrogens with two attached hydrogens (primary N) is 1. The van der Waals surface area contributed by atoms with Crippen molar-refractivity contribution in [1.29, 1.82) is 0 Å². The molecule has 5 heteroatoms. The average Bonchev–Trinajstić information content (AvgIpc) is 2.60. The first-order valence-electron chi connectivity index (χ1n) is 6.33. The summed E-state index contributed by atoms with van der Waals surface area (Å²) >= 11 is 0. The number of hydrogen-bond acceptors (Lipinski definition) is 4. The van der Waals surface area contributed by atoms with Gasteiger partial charge in [-0.15, -0.1) is 0 Å². The second-order valence-electron chi connectivity index (χ2n) is 4.08. The largest absolute Gasteiger partial charge is 0.394 e. The van der Waals surface area contributed by atoms with Gasteiger partial charge in [-0.25, -0.2) is 0 Å². The maximum Gasteiger partial charge on any atom is 0.147 e. The van der Waals surface area contributed by atoms with Gasteiger partial charge in [0.05, 0.1) is 11.4 Å². The molecule has 0 bridgehead atoms. The van der Waals surface area contributed by atoms with E-state index in [1.807, 2.05) is 7.05 Å². The van der Waals surface area contributed by atoms with Gasteiger partial charge in [-0.2, -0.15) is 5.10 Å². The monoisotopic (exact) mass is 240 g/mol. The fourth-order valence-electron chi connectivity index (χ4n) is 1.69. The number of hydrogen-bond donors (Lipinski definition) is 2. The van der Waals surface area contributed by atoms with Crippen molar-refractivity contribution in [2.75, 3.05) is 30.8 Å². The molecule has 0 unspecified atom stereocenters. The molecule has 0 saturated heterocycles. The van der Waals surface area contributed by atoms with Crippen LogP contribution in [0, 0.1) is 0 Å². The van der Waals surface area contributed by atoms with Crippen LogP contribution in [0.15, 0.2) is 0 Å². The Morgan fingerprint density at radius 1 is 1.35 bits per heavy atom. The van der Waals surface area contributed by atoms with E-state index in [-0.39, 0.29) is 0 Å². The van der Waals surface area contributed by atoms with Crippen LogP contribution in [0.2, 0.25) is 0 Å². The number of ether oxygens (including phenoxy) is 1. The van der Waals surface area contributed by atoms with E-state index < -0.39 is 0 Å². The maximum absolute atomic E-state index is 6.00. The van der Waals surface area contributed by atoms with Crippen LogP contribution in [0.4, 0.5) is 11.5 Å². The molecule has 0 aliphatic heterocycles. The van der Waals surface area contributed by atoms with Gasteiger partial charge in [0.1, 0.15) is 5.82 Å². The summed E-state index contributed by atoms with van der Waals surface area (Å²) in [5.74, 6) is 0.914. The average molecular weight is 240 g/mol. The second-order valence-corrected chi connectivity index (χ2v) is 4.08. The number of rotatable bonds is 8. The molecule has 1 rings (SSSR count). The molecule has 0 atom stereocenters. The number of anilines is 2. The fourth-order valence-corrected chi connectivity index (χ4v) is 1.69. The van der Waals surface area contributed by atoms with Crippen LogP contribution < -0.4 is 11.1 Å². The molecule has 0 aliphatic carbocycles. The Hall–Kier alpha value is -1.23. The summed E-state index contributed by atoms with van der Waals surface area (Å²) in [5.41, 5.74) is 7.72. The SMILES string of the molecule is CCCOCCCNc1c(N)c(CC)nn1C. The van der Waals surface area contributed by atoms with E-state index >= 15 is 0 Å². The number of aromatic nitrogens is 2. The Labute approximate surface area is 103 Å². The van der Waals surface area contributed by atoms with E-state index in [4.69, 9.17) is 10.5 Å². The number of nitrogens with one attached hydrogen (secondary N) is 1. The van der Waals surface area contributed by atoms with Crippen LogP contribution in [0.25, 0.3) is 0 Å². The molecular formula is C12H24N4O. The quantitative estimate of drug-likeness (QED) is 0.680. The van der Waals surface area contributed by atoms with Crippen molar-refractivity contribution in [1.82, 2.24) is 9.78 Å². The van der Waals surface area contributed by atoms with Crippen LogP contribution in [-0.4, -0.2) is 29.5 Å². The van der Waals surface area contributed by atoms with Crippen molar-refractivity contribution in [3.05, 3.63) is 5.69 Å². The molecule has 17 heavy (non-hydrogen) atoms. The molecule has 98 valence electrons. The summed E-state index contributed by atoms with van der Waals surface area (Å²) < 4.78 is 7.22. The molecule has 5 nitrogen and oxygen atoms in total. The van der Waals surface area contributed by atoms with E-state index in [0.29, 0.717) is 0 Å². The Kier molecular flexibility index (Phi) is 5.83. The van der Waals surface area contributed by atoms with Crippen LogP contribution in [0.5, 0.6) is 0 Å². The molecule has 0 fully saturated rings. The lowest BCUT2D eigenvalue weighted by Crippen LogP contribution is -2.10. The zero-order valence-electron chi connectivity index (χ0n) is 11.1. The van der Waals surface area contributed by atoms with Crippen molar-refractivity contribution in [2.45, 2.75) is 33.1 Å². The first-order chi connectivity index (χ1) is 8.20. The van der Waals surface area contributed by atoms with Crippen LogP contribution >= 0.6 is 0 Å². The minimum atomic E-state index is 0.768. The molecule has 3 N–H and O–H groups in total. The topological polar surface area (TPSA) is 65.1 Å². The zero-order chi connectivity index (χ0) is 12.7. The molecule has 1 aromatic heterocycles. The Balaban J connectivity index is 2.34. The molecule has 0 radical (unpaired) electrons. The van der Waals surface area contributed by atoms with Gasteiger partial charge < -0.3 is 15.8 Å². The Morgan fingerprint density at radius 2 is 2.12 bits per heavy atom. The molecular weight excluding hydrogens is 216 g/mol. The third-order valence-corrected chi connectivity index (χ3v) is 2.60. The van der Waals surface area contributed by atoms with E-state index in [1.54, 1.807) is 4.68 Å². The molecule has 1 aromatic rings. The van der Waals surface area contributed by atoms with Crippen molar-refractivity contribution in [2.24, 2.45) is 7.05 Å². The van der Waals surface area contributed by atoms with Gasteiger partial charge in [0.2, 0.25) is 0 Å². The van der Waals surface area contributed by atoms with E-state index in [0.717, 1.165) is 56.2 Å². The molecule has 0 aliphatic rings. The highest BCUT2D eigenvalue weighted by molar-refractivity contribution is 5.64. The number of aryl methyl sites for hydroxylation is 2. The van der Waals surface area contributed by atoms with Crippen molar-refractivity contribution >= 4 is 11.5 Å². The second kappa shape index (κ2) is 7.17.